The van der Waals surface area contributed by atoms with Gasteiger partial charge in [-0.05, 0) is 12.5 Å². The van der Waals surface area contributed by atoms with Crippen molar-refractivity contribution in [2.75, 3.05) is 12.8 Å². The summed E-state index contributed by atoms with van der Waals surface area (Å²) in [5.74, 6) is 0.514. The smallest absolute Gasteiger partial charge is 0.289 e. The number of rotatable bonds is 5. The van der Waals surface area contributed by atoms with Gasteiger partial charge < -0.3 is 15.8 Å². The highest BCUT2D eigenvalue weighted by atomic mass is 16.5. The molecule has 0 saturated carbocycles. The van der Waals surface area contributed by atoms with E-state index in [1.807, 2.05) is 31.2 Å². The monoisotopic (exact) mass is 275 g/mol. The van der Waals surface area contributed by atoms with Crippen LogP contribution >= 0.6 is 0 Å². The normalized spacial score (nSPS) is 11.9. The van der Waals surface area contributed by atoms with Crippen LogP contribution in [0.25, 0.3) is 0 Å². The third kappa shape index (κ3) is 2.87. The SMILES string of the molecule is CCC(NC(=O)c1nc(N)n[nH]1)c1ccccc1OC. The van der Waals surface area contributed by atoms with Crippen molar-refractivity contribution in [3.05, 3.63) is 35.7 Å². The molecular formula is C13H17N5O2. The van der Waals surface area contributed by atoms with Gasteiger partial charge >= 0.3 is 0 Å². The Hall–Kier alpha value is -2.57. The van der Waals surface area contributed by atoms with Gasteiger partial charge in [0.15, 0.2) is 0 Å². The third-order valence-electron chi connectivity index (χ3n) is 2.95. The number of carbonyl (C=O) groups excluding carboxylic acids is 1. The highest BCUT2D eigenvalue weighted by Gasteiger charge is 2.19. The summed E-state index contributed by atoms with van der Waals surface area (Å²) in [7, 11) is 1.60. The second kappa shape index (κ2) is 6.05. The third-order valence-corrected chi connectivity index (χ3v) is 2.95. The summed E-state index contributed by atoms with van der Waals surface area (Å²) < 4.78 is 5.31. The Balaban J connectivity index is 2.18. The summed E-state index contributed by atoms with van der Waals surface area (Å²) in [6.45, 7) is 1.98. The van der Waals surface area contributed by atoms with Crippen LogP contribution in [0.5, 0.6) is 5.75 Å². The fourth-order valence-electron chi connectivity index (χ4n) is 1.96. The van der Waals surface area contributed by atoms with Crippen molar-refractivity contribution >= 4 is 11.9 Å². The van der Waals surface area contributed by atoms with Crippen molar-refractivity contribution in [2.24, 2.45) is 0 Å². The van der Waals surface area contributed by atoms with Crippen molar-refractivity contribution < 1.29 is 9.53 Å². The lowest BCUT2D eigenvalue weighted by atomic mass is 10.0. The van der Waals surface area contributed by atoms with Gasteiger partial charge in [-0.2, -0.15) is 4.98 Å². The van der Waals surface area contributed by atoms with E-state index in [0.29, 0.717) is 0 Å². The van der Waals surface area contributed by atoms with Crippen LogP contribution in [0.3, 0.4) is 0 Å². The fourth-order valence-corrected chi connectivity index (χ4v) is 1.96. The molecule has 1 aromatic heterocycles. The molecule has 1 heterocycles. The molecule has 0 aliphatic carbocycles. The van der Waals surface area contributed by atoms with Crippen molar-refractivity contribution in [3.63, 3.8) is 0 Å². The van der Waals surface area contributed by atoms with Gasteiger partial charge in [-0.15, -0.1) is 5.10 Å². The molecule has 0 aliphatic heterocycles. The predicted octanol–water partition coefficient (Wildman–Crippen LogP) is 1.28. The maximum Gasteiger partial charge on any atom is 0.289 e. The summed E-state index contributed by atoms with van der Waals surface area (Å²) in [5, 5.41) is 9.00. The first-order chi connectivity index (χ1) is 9.65. The number of para-hydroxylation sites is 1. The zero-order chi connectivity index (χ0) is 14.5. The molecule has 20 heavy (non-hydrogen) atoms. The van der Waals surface area contributed by atoms with Crippen LogP contribution in [0.1, 0.15) is 35.6 Å². The lowest BCUT2D eigenvalue weighted by molar-refractivity contribution is 0.0925. The number of methoxy groups -OCH3 is 1. The number of benzene rings is 1. The Morgan fingerprint density at radius 3 is 2.85 bits per heavy atom. The molecule has 0 bridgehead atoms. The number of nitrogens with zero attached hydrogens (tertiary/aromatic N) is 2. The number of nitrogens with one attached hydrogen (secondary N) is 2. The minimum Gasteiger partial charge on any atom is -0.496 e. The Labute approximate surface area is 116 Å². The van der Waals surface area contributed by atoms with E-state index in [1.54, 1.807) is 7.11 Å². The number of anilines is 1. The number of H-pyrrole nitrogens is 1. The highest BCUT2D eigenvalue weighted by molar-refractivity contribution is 5.90. The average molecular weight is 275 g/mol. The van der Waals surface area contributed by atoms with E-state index < -0.39 is 0 Å². The number of aromatic nitrogens is 3. The Bertz CT molecular complexity index is 596. The Morgan fingerprint density at radius 2 is 2.25 bits per heavy atom. The Kier molecular flexibility index (Phi) is 4.19. The van der Waals surface area contributed by atoms with E-state index in [2.05, 4.69) is 20.5 Å². The van der Waals surface area contributed by atoms with Crippen LogP contribution in [0.4, 0.5) is 5.95 Å². The molecule has 2 rings (SSSR count). The summed E-state index contributed by atoms with van der Waals surface area (Å²) in [4.78, 5) is 15.9. The molecule has 0 radical (unpaired) electrons. The summed E-state index contributed by atoms with van der Waals surface area (Å²) in [6.07, 6.45) is 0.718. The first-order valence-electron chi connectivity index (χ1n) is 6.27. The molecule has 7 heteroatoms. The van der Waals surface area contributed by atoms with Gasteiger partial charge in [0, 0.05) is 5.56 Å². The van der Waals surface area contributed by atoms with Crippen LogP contribution in [0, 0.1) is 0 Å². The van der Waals surface area contributed by atoms with Crippen LogP contribution in [0.2, 0.25) is 0 Å². The average Bonchev–Trinajstić information content (AvgIpc) is 2.91. The Morgan fingerprint density at radius 1 is 1.50 bits per heavy atom. The van der Waals surface area contributed by atoms with Gasteiger partial charge in [0.2, 0.25) is 11.8 Å². The number of carbonyl (C=O) groups is 1. The molecule has 0 fully saturated rings. The summed E-state index contributed by atoms with van der Waals surface area (Å²) in [5.41, 5.74) is 6.30. The maximum absolute atomic E-state index is 12.1. The predicted molar refractivity (Wildman–Crippen MR) is 74.3 cm³/mol. The van der Waals surface area contributed by atoms with Gasteiger partial charge in [-0.3, -0.25) is 9.89 Å². The molecule has 1 aromatic carbocycles. The zero-order valence-electron chi connectivity index (χ0n) is 11.4. The van der Waals surface area contributed by atoms with Crippen LogP contribution in [0.15, 0.2) is 24.3 Å². The van der Waals surface area contributed by atoms with Gasteiger partial charge in [0.25, 0.3) is 5.91 Å². The van der Waals surface area contributed by atoms with Crippen LogP contribution in [-0.4, -0.2) is 28.2 Å². The van der Waals surface area contributed by atoms with Crippen LogP contribution in [-0.2, 0) is 0 Å². The van der Waals surface area contributed by atoms with Crippen molar-refractivity contribution in [3.8, 4) is 5.75 Å². The van der Waals surface area contributed by atoms with Crippen LogP contribution < -0.4 is 15.8 Å². The van der Waals surface area contributed by atoms with Crippen molar-refractivity contribution in [1.29, 1.82) is 0 Å². The lowest BCUT2D eigenvalue weighted by Gasteiger charge is -2.19. The minimum absolute atomic E-state index is 0.0421. The first-order valence-corrected chi connectivity index (χ1v) is 6.27. The molecule has 4 N–H and O–H groups in total. The number of ether oxygens (including phenoxy) is 1. The number of amides is 1. The lowest BCUT2D eigenvalue weighted by Crippen LogP contribution is -2.29. The second-order valence-corrected chi connectivity index (χ2v) is 4.22. The standard InChI is InChI=1S/C13H17N5O2/c1-3-9(8-6-4-5-7-10(8)20-2)15-12(19)11-16-13(14)18-17-11/h4-7,9H,3H2,1-2H3,(H,15,19)(H3,14,16,17,18). The molecule has 0 saturated heterocycles. The zero-order valence-corrected chi connectivity index (χ0v) is 11.4. The topological polar surface area (TPSA) is 106 Å². The summed E-state index contributed by atoms with van der Waals surface area (Å²) >= 11 is 0. The van der Waals surface area contributed by atoms with E-state index >= 15 is 0 Å². The van der Waals surface area contributed by atoms with E-state index in [1.165, 1.54) is 0 Å². The number of aromatic amines is 1. The van der Waals surface area contributed by atoms with E-state index in [0.717, 1.165) is 17.7 Å². The molecule has 1 atom stereocenters. The van der Waals surface area contributed by atoms with Crippen molar-refractivity contribution in [2.45, 2.75) is 19.4 Å². The molecule has 2 aromatic rings. The fraction of sp³-hybridized carbons (Fsp3) is 0.308. The molecule has 0 spiro atoms. The molecule has 0 aliphatic rings. The maximum atomic E-state index is 12.1. The molecule has 1 unspecified atom stereocenters. The molecule has 7 nitrogen and oxygen atoms in total. The number of hydrogen-bond donors (Lipinski definition) is 3. The molecule has 1 amide bonds. The van der Waals surface area contributed by atoms with Gasteiger partial charge in [-0.25, -0.2) is 0 Å². The van der Waals surface area contributed by atoms with Gasteiger partial charge in [0.05, 0.1) is 13.2 Å². The van der Waals surface area contributed by atoms with E-state index in [9.17, 15) is 4.79 Å². The van der Waals surface area contributed by atoms with Crippen molar-refractivity contribution in [1.82, 2.24) is 20.5 Å². The number of nitrogen functional groups attached to an aromatic ring is 1. The van der Waals surface area contributed by atoms with Gasteiger partial charge in [-0.1, -0.05) is 25.1 Å². The summed E-state index contributed by atoms with van der Waals surface area (Å²) in [6, 6.07) is 7.39. The minimum atomic E-state index is -0.355. The molecular weight excluding hydrogens is 258 g/mol. The number of nitrogens with two attached hydrogens (primary N) is 1. The van der Waals surface area contributed by atoms with Gasteiger partial charge in [0.1, 0.15) is 5.75 Å². The quantitative estimate of drug-likeness (QED) is 0.762. The van der Waals surface area contributed by atoms with E-state index in [-0.39, 0.29) is 23.7 Å². The first kappa shape index (κ1) is 13.9. The van der Waals surface area contributed by atoms with E-state index in [4.69, 9.17) is 10.5 Å². The molecule has 106 valence electrons. The number of hydrogen-bond acceptors (Lipinski definition) is 5. The second-order valence-electron chi connectivity index (χ2n) is 4.22. The largest absolute Gasteiger partial charge is 0.496 e. The highest BCUT2D eigenvalue weighted by Crippen LogP contribution is 2.26.